The van der Waals surface area contributed by atoms with Crippen molar-refractivity contribution >= 4 is 0 Å². The van der Waals surface area contributed by atoms with Crippen molar-refractivity contribution in [2.24, 2.45) is 0 Å². The van der Waals surface area contributed by atoms with Crippen molar-refractivity contribution in [1.29, 1.82) is 0 Å². The molecule has 0 aliphatic carbocycles. The summed E-state index contributed by atoms with van der Waals surface area (Å²) in [5.74, 6) is 1.60. The molecule has 2 aromatic carbocycles. The summed E-state index contributed by atoms with van der Waals surface area (Å²) in [6, 6.07) is 17.9. The number of hydrogen-bond acceptors (Lipinski definition) is 3. The molecule has 0 spiro atoms. The quantitative estimate of drug-likeness (QED) is 0.775. The maximum Gasteiger partial charge on any atom is 0.161 e. The Morgan fingerprint density at radius 3 is 2.42 bits per heavy atom. The number of nitrogens with zero attached hydrogens (tertiary/aromatic N) is 2. The zero-order valence-electron chi connectivity index (χ0n) is 10.3. The minimum absolute atomic E-state index is 0.572. The summed E-state index contributed by atoms with van der Waals surface area (Å²) in [5.41, 5.74) is 2.14. The highest BCUT2D eigenvalue weighted by atomic mass is 16.5. The Morgan fingerprint density at radius 2 is 1.74 bits per heavy atom. The van der Waals surface area contributed by atoms with E-state index >= 15 is 0 Å². The minimum atomic E-state index is 0.572. The molecule has 0 fully saturated rings. The van der Waals surface area contributed by atoms with E-state index in [9.17, 15) is 0 Å². The van der Waals surface area contributed by atoms with Gasteiger partial charge in [0.05, 0.1) is 0 Å². The minimum Gasteiger partial charge on any atom is -0.489 e. The van der Waals surface area contributed by atoms with Gasteiger partial charge in [-0.15, -0.1) is 10.2 Å². The molecule has 0 bridgehead atoms. The molecule has 1 aromatic heterocycles. The second kappa shape index (κ2) is 5.35. The summed E-state index contributed by atoms with van der Waals surface area (Å²) in [4.78, 5) is 2.97. The maximum atomic E-state index is 5.72. The average molecular weight is 251 g/mol. The van der Waals surface area contributed by atoms with Crippen LogP contribution >= 0.6 is 0 Å². The van der Waals surface area contributed by atoms with Crippen molar-refractivity contribution in [1.82, 2.24) is 15.2 Å². The van der Waals surface area contributed by atoms with Crippen LogP contribution < -0.4 is 4.74 Å². The normalized spacial score (nSPS) is 10.3. The second-order valence-corrected chi connectivity index (χ2v) is 4.14. The van der Waals surface area contributed by atoms with Crippen LogP contribution in [0.15, 0.2) is 60.9 Å². The fourth-order valence-electron chi connectivity index (χ4n) is 1.80. The molecule has 19 heavy (non-hydrogen) atoms. The number of hydrogen-bond donors (Lipinski definition) is 1. The molecule has 94 valence electrons. The molecular formula is C15H13N3O. The number of aromatic amines is 1. The number of aromatic nitrogens is 3. The van der Waals surface area contributed by atoms with Crippen LogP contribution in [0.2, 0.25) is 0 Å². The maximum absolute atomic E-state index is 5.72. The fraction of sp³-hybridized carbons (Fsp3) is 0.0667. The average Bonchev–Trinajstić information content (AvgIpc) is 3.01. The summed E-state index contributed by atoms with van der Waals surface area (Å²) in [7, 11) is 0. The molecule has 4 heteroatoms. The second-order valence-electron chi connectivity index (χ2n) is 4.14. The van der Waals surface area contributed by atoms with Gasteiger partial charge in [0.2, 0.25) is 0 Å². The molecule has 3 rings (SSSR count). The van der Waals surface area contributed by atoms with E-state index in [0.29, 0.717) is 6.61 Å². The SMILES string of the molecule is c1ccc(COc2ccc(-c3nnc[nH]3)cc2)cc1. The van der Waals surface area contributed by atoms with Crippen LogP contribution in [0.4, 0.5) is 0 Å². The molecule has 0 amide bonds. The standard InChI is InChI=1S/C15H13N3O/c1-2-4-12(5-3-1)10-19-14-8-6-13(7-9-14)15-16-11-17-18-15/h1-9,11H,10H2,(H,16,17,18). The molecule has 3 aromatic rings. The Kier molecular flexibility index (Phi) is 3.23. The highest BCUT2D eigenvalue weighted by Crippen LogP contribution is 2.19. The largest absolute Gasteiger partial charge is 0.489 e. The summed E-state index contributed by atoms with van der Waals surface area (Å²) < 4.78 is 5.72. The van der Waals surface area contributed by atoms with Gasteiger partial charge in [-0.2, -0.15) is 0 Å². The van der Waals surface area contributed by atoms with Crippen molar-refractivity contribution in [2.75, 3.05) is 0 Å². The summed E-state index contributed by atoms with van der Waals surface area (Å²) >= 11 is 0. The molecule has 0 radical (unpaired) electrons. The van der Waals surface area contributed by atoms with Gasteiger partial charge in [0.25, 0.3) is 0 Å². The first-order chi connectivity index (χ1) is 9.42. The lowest BCUT2D eigenvalue weighted by Crippen LogP contribution is -1.94. The number of benzene rings is 2. The highest BCUT2D eigenvalue weighted by Gasteiger charge is 2.01. The number of ether oxygens (including phenoxy) is 1. The lowest BCUT2D eigenvalue weighted by Gasteiger charge is -2.06. The molecule has 0 aliphatic rings. The van der Waals surface area contributed by atoms with Gasteiger partial charge >= 0.3 is 0 Å². The molecule has 0 unspecified atom stereocenters. The smallest absolute Gasteiger partial charge is 0.161 e. The van der Waals surface area contributed by atoms with Gasteiger partial charge < -0.3 is 9.72 Å². The third-order valence-electron chi connectivity index (χ3n) is 2.79. The molecule has 0 saturated heterocycles. The van der Waals surface area contributed by atoms with E-state index < -0.39 is 0 Å². The van der Waals surface area contributed by atoms with E-state index in [1.165, 1.54) is 0 Å². The van der Waals surface area contributed by atoms with Crippen LogP contribution in [0.1, 0.15) is 5.56 Å². The first kappa shape index (κ1) is 11.5. The number of nitrogens with one attached hydrogen (secondary N) is 1. The van der Waals surface area contributed by atoms with E-state index in [1.54, 1.807) is 6.33 Å². The molecule has 4 nitrogen and oxygen atoms in total. The number of rotatable bonds is 4. The van der Waals surface area contributed by atoms with Crippen molar-refractivity contribution in [3.05, 3.63) is 66.5 Å². The fourth-order valence-corrected chi connectivity index (χ4v) is 1.80. The Labute approximate surface area is 111 Å². The summed E-state index contributed by atoms with van der Waals surface area (Å²) in [5, 5.41) is 7.72. The Morgan fingerprint density at radius 1 is 0.947 bits per heavy atom. The van der Waals surface area contributed by atoms with Gasteiger partial charge in [-0.1, -0.05) is 30.3 Å². The molecule has 0 aliphatic heterocycles. The van der Waals surface area contributed by atoms with Crippen LogP contribution in [0.3, 0.4) is 0 Å². The van der Waals surface area contributed by atoms with Crippen molar-refractivity contribution in [3.8, 4) is 17.1 Å². The summed E-state index contributed by atoms with van der Waals surface area (Å²) in [6.45, 7) is 0.572. The van der Waals surface area contributed by atoms with Gasteiger partial charge in [-0.05, 0) is 29.8 Å². The Hall–Kier alpha value is -2.62. The van der Waals surface area contributed by atoms with Crippen LogP contribution in [0.5, 0.6) is 5.75 Å². The first-order valence-corrected chi connectivity index (χ1v) is 6.05. The van der Waals surface area contributed by atoms with E-state index in [0.717, 1.165) is 22.7 Å². The lowest BCUT2D eigenvalue weighted by atomic mass is 10.2. The van der Waals surface area contributed by atoms with Crippen molar-refractivity contribution < 1.29 is 4.74 Å². The predicted octanol–water partition coefficient (Wildman–Crippen LogP) is 3.05. The molecule has 1 heterocycles. The van der Waals surface area contributed by atoms with Gasteiger partial charge in [0.1, 0.15) is 18.7 Å². The third-order valence-corrected chi connectivity index (χ3v) is 2.79. The Bertz CT molecular complexity index is 618. The molecular weight excluding hydrogens is 238 g/mol. The number of H-pyrrole nitrogens is 1. The monoisotopic (exact) mass is 251 g/mol. The summed E-state index contributed by atoms with van der Waals surface area (Å²) in [6.07, 6.45) is 1.56. The van der Waals surface area contributed by atoms with Crippen molar-refractivity contribution in [3.63, 3.8) is 0 Å². The predicted molar refractivity (Wildman–Crippen MR) is 72.6 cm³/mol. The van der Waals surface area contributed by atoms with Gasteiger partial charge in [0.15, 0.2) is 5.82 Å². The molecule has 0 atom stereocenters. The van der Waals surface area contributed by atoms with E-state index in [-0.39, 0.29) is 0 Å². The molecule has 0 saturated carbocycles. The van der Waals surface area contributed by atoms with Gasteiger partial charge in [-0.25, -0.2) is 0 Å². The zero-order valence-corrected chi connectivity index (χ0v) is 10.3. The van der Waals surface area contributed by atoms with E-state index in [1.807, 2.05) is 54.6 Å². The zero-order chi connectivity index (χ0) is 12.9. The molecule has 1 N–H and O–H groups in total. The first-order valence-electron chi connectivity index (χ1n) is 6.05. The van der Waals surface area contributed by atoms with E-state index in [2.05, 4.69) is 15.2 Å². The topological polar surface area (TPSA) is 50.8 Å². The van der Waals surface area contributed by atoms with Crippen LogP contribution in [0, 0.1) is 0 Å². The highest BCUT2D eigenvalue weighted by molar-refractivity contribution is 5.55. The third kappa shape index (κ3) is 2.80. The van der Waals surface area contributed by atoms with E-state index in [4.69, 9.17) is 4.74 Å². The Balaban J connectivity index is 1.67. The van der Waals surface area contributed by atoms with Gasteiger partial charge in [-0.3, -0.25) is 0 Å². The van der Waals surface area contributed by atoms with Gasteiger partial charge in [0, 0.05) is 5.56 Å². The van der Waals surface area contributed by atoms with Crippen molar-refractivity contribution in [2.45, 2.75) is 6.61 Å². The van der Waals surface area contributed by atoms with Crippen LogP contribution in [-0.2, 0) is 6.61 Å². The lowest BCUT2D eigenvalue weighted by molar-refractivity contribution is 0.306. The van der Waals surface area contributed by atoms with Crippen LogP contribution in [-0.4, -0.2) is 15.2 Å². The van der Waals surface area contributed by atoms with Crippen LogP contribution in [0.25, 0.3) is 11.4 Å².